The maximum absolute atomic E-state index is 12.9. The Bertz CT molecular complexity index is 475. The normalized spacial score (nSPS) is 15.0. The lowest BCUT2D eigenvalue weighted by molar-refractivity contribution is 0.321. The van der Waals surface area contributed by atoms with Gasteiger partial charge in [-0.15, -0.1) is 0 Å². The van der Waals surface area contributed by atoms with Crippen LogP contribution < -0.4 is 5.09 Å². The van der Waals surface area contributed by atoms with Crippen molar-refractivity contribution in [3.8, 4) is 0 Å². The van der Waals surface area contributed by atoms with Crippen molar-refractivity contribution in [3.05, 3.63) is 35.9 Å². The second kappa shape index (κ2) is 9.39. The first-order valence-corrected chi connectivity index (χ1v) is 11.6. The number of hydrogen-bond donors (Lipinski definition) is 1. The molecular weight excluding hydrogens is 333 g/mol. The molecule has 0 heterocycles. The van der Waals surface area contributed by atoms with Crippen molar-refractivity contribution in [2.45, 2.75) is 51.6 Å². The van der Waals surface area contributed by atoms with Gasteiger partial charge in [-0.25, -0.2) is 5.09 Å². The lowest BCUT2D eigenvalue weighted by atomic mass is 10.2. The predicted molar refractivity (Wildman–Crippen MR) is 102 cm³/mol. The summed E-state index contributed by atoms with van der Waals surface area (Å²) in [5.74, 6) is 0.839. The molecule has 1 aromatic rings. The molecule has 22 heavy (non-hydrogen) atoms. The molecular formula is C16H28NO2PS2. The van der Waals surface area contributed by atoms with Crippen molar-refractivity contribution in [3.63, 3.8) is 0 Å². The molecule has 0 aromatic heterocycles. The SMILES string of the molecule is CC(C)P(=O)(NCc1ccccc1)OCCSSC(C)(C)C. The topological polar surface area (TPSA) is 38.3 Å². The van der Waals surface area contributed by atoms with Crippen LogP contribution in [0.5, 0.6) is 0 Å². The summed E-state index contributed by atoms with van der Waals surface area (Å²) in [4.78, 5) is 0. The fourth-order valence-electron chi connectivity index (χ4n) is 1.60. The highest BCUT2D eigenvalue weighted by Crippen LogP contribution is 2.48. The van der Waals surface area contributed by atoms with Crippen LogP contribution in [0, 0.1) is 0 Å². The van der Waals surface area contributed by atoms with E-state index in [-0.39, 0.29) is 10.4 Å². The highest BCUT2D eigenvalue weighted by molar-refractivity contribution is 8.77. The Hall–Kier alpha value is 0.0700. The largest absolute Gasteiger partial charge is 0.316 e. The van der Waals surface area contributed by atoms with E-state index in [1.807, 2.05) is 55.0 Å². The van der Waals surface area contributed by atoms with Crippen LogP contribution in [-0.4, -0.2) is 22.8 Å². The van der Waals surface area contributed by atoms with Crippen LogP contribution in [0.2, 0.25) is 0 Å². The van der Waals surface area contributed by atoms with Crippen LogP contribution in [0.4, 0.5) is 0 Å². The van der Waals surface area contributed by atoms with Gasteiger partial charge in [0.25, 0.3) is 7.52 Å². The molecule has 0 aliphatic heterocycles. The zero-order valence-corrected chi connectivity index (χ0v) is 16.7. The third-order valence-corrected chi connectivity index (χ3v) is 8.61. The molecule has 0 aliphatic carbocycles. The molecule has 1 unspecified atom stereocenters. The molecule has 0 amide bonds. The lowest BCUT2D eigenvalue weighted by Gasteiger charge is -2.23. The number of rotatable bonds is 9. The Kier molecular flexibility index (Phi) is 8.58. The summed E-state index contributed by atoms with van der Waals surface area (Å²) in [7, 11) is 0.789. The van der Waals surface area contributed by atoms with Crippen molar-refractivity contribution < 1.29 is 9.09 Å². The maximum atomic E-state index is 12.9. The predicted octanol–water partition coefficient (Wildman–Crippen LogP) is 5.57. The molecule has 1 atom stereocenters. The number of nitrogens with one attached hydrogen (secondary N) is 1. The summed E-state index contributed by atoms with van der Waals surface area (Å²) in [6.45, 7) is 11.5. The second-order valence-corrected chi connectivity index (χ2v) is 12.4. The first-order valence-electron chi connectivity index (χ1n) is 7.57. The quantitative estimate of drug-likeness (QED) is 0.353. The van der Waals surface area contributed by atoms with Gasteiger partial charge in [0.2, 0.25) is 0 Å². The molecule has 0 fully saturated rings. The van der Waals surface area contributed by atoms with Crippen molar-refractivity contribution in [2.75, 3.05) is 12.4 Å². The van der Waals surface area contributed by atoms with Gasteiger partial charge in [0, 0.05) is 22.7 Å². The fourth-order valence-corrected chi connectivity index (χ4v) is 5.35. The minimum absolute atomic E-state index is 0.0310. The molecule has 0 saturated heterocycles. The molecule has 0 radical (unpaired) electrons. The highest BCUT2D eigenvalue weighted by atomic mass is 33.1. The maximum Gasteiger partial charge on any atom is 0.272 e. The van der Waals surface area contributed by atoms with E-state index in [0.717, 1.165) is 11.3 Å². The zero-order valence-electron chi connectivity index (χ0n) is 14.2. The van der Waals surface area contributed by atoms with E-state index >= 15 is 0 Å². The lowest BCUT2D eigenvalue weighted by Crippen LogP contribution is -2.19. The van der Waals surface area contributed by atoms with Crippen molar-refractivity contribution in [2.24, 2.45) is 0 Å². The van der Waals surface area contributed by atoms with E-state index in [9.17, 15) is 4.57 Å². The Labute approximate surface area is 143 Å². The highest BCUT2D eigenvalue weighted by Gasteiger charge is 2.27. The monoisotopic (exact) mass is 361 g/mol. The summed E-state index contributed by atoms with van der Waals surface area (Å²) in [6, 6.07) is 9.99. The van der Waals surface area contributed by atoms with Gasteiger partial charge in [-0.05, 0) is 5.56 Å². The van der Waals surface area contributed by atoms with Gasteiger partial charge in [0.15, 0.2) is 0 Å². The third kappa shape index (κ3) is 8.07. The third-order valence-electron chi connectivity index (χ3n) is 2.78. The standard InChI is InChI=1S/C16H28NO2PS2/c1-14(2)20(18,17-13-15-9-7-6-8-10-15)19-11-12-21-22-16(3,4)5/h6-10,14H,11-13H2,1-5H3,(H,17,18). The van der Waals surface area contributed by atoms with E-state index in [0.29, 0.717) is 13.2 Å². The van der Waals surface area contributed by atoms with Crippen LogP contribution in [0.1, 0.15) is 40.2 Å². The molecule has 0 bridgehead atoms. The van der Waals surface area contributed by atoms with Gasteiger partial charge in [-0.2, -0.15) is 0 Å². The van der Waals surface area contributed by atoms with E-state index in [1.165, 1.54) is 0 Å². The van der Waals surface area contributed by atoms with Gasteiger partial charge in [0.05, 0.1) is 6.61 Å². The van der Waals surface area contributed by atoms with Crippen molar-refractivity contribution in [1.82, 2.24) is 5.09 Å². The molecule has 6 heteroatoms. The van der Waals surface area contributed by atoms with Crippen LogP contribution in [0.15, 0.2) is 30.3 Å². The van der Waals surface area contributed by atoms with Gasteiger partial charge in [0.1, 0.15) is 0 Å². The molecule has 0 saturated carbocycles. The summed E-state index contributed by atoms with van der Waals surface area (Å²) < 4.78 is 18.9. The molecule has 1 aromatic carbocycles. The molecule has 1 rings (SSSR count). The minimum Gasteiger partial charge on any atom is -0.316 e. The average Bonchev–Trinajstić information content (AvgIpc) is 2.44. The van der Waals surface area contributed by atoms with Crippen molar-refractivity contribution in [1.29, 1.82) is 0 Å². The van der Waals surface area contributed by atoms with Gasteiger partial charge >= 0.3 is 0 Å². The summed E-state index contributed by atoms with van der Waals surface area (Å²) >= 11 is 0. The Morgan fingerprint density at radius 3 is 2.41 bits per heavy atom. The summed E-state index contributed by atoms with van der Waals surface area (Å²) in [5, 5.41) is 3.14. The minimum atomic E-state index is -2.81. The van der Waals surface area contributed by atoms with Gasteiger partial charge < -0.3 is 4.52 Å². The summed E-state index contributed by atoms with van der Waals surface area (Å²) in [5.41, 5.74) is 1.08. The fraction of sp³-hybridized carbons (Fsp3) is 0.625. The summed E-state index contributed by atoms with van der Waals surface area (Å²) in [6.07, 6.45) is 0. The van der Waals surface area contributed by atoms with Crippen LogP contribution in [-0.2, 0) is 15.6 Å². The smallest absolute Gasteiger partial charge is 0.272 e. The van der Waals surface area contributed by atoms with E-state index in [4.69, 9.17) is 4.52 Å². The Balaban J connectivity index is 2.41. The van der Waals surface area contributed by atoms with E-state index in [2.05, 4.69) is 25.9 Å². The van der Waals surface area contributed by atoms with Crippen LogP contribution in [0.3, 0.4) is 0 Å². The Morgan fingerprint density at radius 1 is 1.23 bits per heavy atom. The first-order chi connectivity index (χ1) is 10.2. The van der Waals surface area contributed by atoms with Gasteiger partial charge in [-0.3, -0.25) is 4.57 Å². The number of benzene rings is 1. The molecule has 1 N–H and O–H groups in total. The molecule has 126 valence electrons. The first kappa shape index (κ1) is 20.1. The average molecular weight is 362 g/mol. The van der Waals surface area contributed by atoms with E-state index < -0.39 is 7.52 Å². The molecule has 0 aliphatic rings. The van der Waals surface area contributed by atoms with Crippen molar-refractivity contribution >= 4 is 29.1 Å². The van der Waals surface area contributed by atoms with E-state index in [1.54, 1.807) is 10.8 Å². The van der Waals surface area contributed by atoms with Crippen LogP contribution >= 0.6 is 29.1 Å². The molecule has 3 nitrogen and oxygen atoms in total. The van der Waals surface area contributed by atoms with Crippen LogP contribution in [0.25, 0.3) is 0 Å². The Morgan fingerprint density at radius 2 is 1.86 bits per heavy atom. The molecule has 0 spiro atoms. The number of hydrogen-bond acceptors (Lipinski definition) is 4. The van der Waals surface area contributed by atoms with Gasteiger partial charge in [-0.1, -0.05) is 86.5 Å². The second-order valence-electron chi connectivity index (χ2n) is 6.36. The zero-order chi connectivity index (χ0) is 16.6.